The van der Waals surface area contributed by atoms with E-state index in [1.54, 1.807) is 14.2 Å². The summed E-state index contributed by atoms with van der Waals surface area (Å²) in [6.07, 6.45) is 2.44. The van der Waals surface area contributed by atoms with Gasteiger partial charge in [-0.15, -0.1) is 0 Å². The molecule has 0 fully saturated rings. The fraction of sp³-hybridized carbons (Fsp3) is 0.250. The number of rotatable bonds is 7. The minimum Gasteiger partial charge on any atom is -0.493 e. The van der Waals surface area contributed by atoms with Crippen molar-refractivity contribution in [2.45, 2.75) is 19.5 Å². The second kappa shape index (κ2) is 7.75. The summed E-state index contributed by atoms with van der Waals surface area (Å²) in [6.45, 7) is 1.06. The van der Waals surface area contributed by atoms with Crippen LogP contribution in [0.25, 0.3) is 10.9 Å². The zero-order valence-electron chi connectivity index (χ0n) is 14.5. The number of aryl methyl sites for hydroxylation is 1. The third-order valence-electron chi connectivity index (χ3n) is 4.22. The van der Waals surface area contributed by atoms with Gasteiger partial charge in [-0.25, -0.2) is 0 Å². The van der Waals surface area contributed by atoms with E-state index in [1.807, 2.05) is 36.5 Å². The Bertz CT molecular complexity index is 870. The van der Waals surface area contributed by atoms with E-state index >= 15 is 0 Å². The van der Waals surface area contributed by atoms with Crippen LogP contribution in [0.1, 0.15) is 12.0 Å². The molecule has 5 nitrogen and oxygen atoms in total. The number of ether oxygens (including phenoxy) is 2. The molecule has 0 unspecified atom stereocenters. The van der Waals surface area contributed by atoms with Crippen LogP contribution in [0.5, 0.6) is 11.5 Å². The Morgan fingerprint density at radius 2 is 1.88 bits per heavy atom. The first-order valence-corrected chi connectivity index (χ1v) is 8.23. The number of hydrogen-bond donors (Lipinski definition) is 1. The lowest BCUT2D eigenvalue weighted by atomic mass is 10.2. The van der Waals surface area contributed by atoms with E-state index in [0.29, 0.717) is 31.0 Å². The van der Waals surface area contributed by atoms with E-state index < -0.39 is 0 Å². The lowest BCUT2D eigenvalue weighted by Crippen LogP contribution is -2.24. The summed E-state index contributed by atoms with van der Waals surface area (Å²) in [5, 5.41) is 4.13. The van der Waals surface area contributed by atoms with E-state index in [9.17, 15) is 4.79 Å². The molecule has 3 aromatic rings. The van der Waals surface area contributed by atoms with Crippen LogP contribution >= 0.6 is 0 Å². The maximum absolute atomic E-state index is 12.2. The van der Waals surface area contributed by atoms with Crippen molar-refractivity contribution in [1.29, 1.82) is 0 Å². The van der Waals surface area contributed by atoms with Gasteiger partial charge in [0, 0.05) is 36.8 Å². The molecule has 0 spiro atoms. The number of hydrogen-bond acceptors (Lipinski definition) is 3. The topological polar surface area (TPSA) is 52.5 Å². The number of nitrogens with zero attached hydrogens (tertiary/aromatic N) is 1. The Labute approximate surface area is 147 Å². The molecule has 5 heteroatoms. The molecule has 0 saturated carbocycles. The Kier molecular flexibility index (Phi) is 5.23. The third kappa shape index (κ3) is 3.76. The highest BCUT2D eigenvalue weighted by atomic mass is 16.5. The number of fused-ring (bicyclic) bond motifs is 1. The van der Waals surface area contributed by atoms with Crippen LogP contribution < -0.4 is 14.8 Å². The van der Waals surface area contributed by atoms with E-state index in [0.717, 1.165) is 11.1 Å². The molecule has 0 saturated heterocycles. The molecule has 0 atom stereocenters. The van der Waals surface area contributed by atoms with Crippen molar-refractivity contribution in [1.82, 2.24) is 9.88 Å². The number of methoxy groups -OCH3 is 2. The minimum atomic E-state index is 0.00246. The summed E-state index contributed by atoms with van der Waals surface area (Å²) in [6, 6.07) is 15.9. The summed E-state index contributed by atoms with van der Waals surface area (Å²) in [4.78, 5) is 12.2. The zero-order chi connectivity index (χ0) is 17.6. The first-order chi connectivity index (χ1) is 12.2. The molecule has 0 aliphatic heterocycles. The van der Waals surface area contributed by atoms with E-state index in [-0.39, 0.29) is 5.91 Å². The predicted octanol–water partition coefficient (Wildman–Crippen LogP) is 3.37. The van der Waals surface area contributed by atoms with Crippen molar-refractivity contribution >= 4 is 16.8 Å². The molecule has 1 amide bonds. The SMILES string of the molecule is COc1cccc(CNC(=O)CCn2ccc3ccccc32)c1OC. The Hall–Kier alpha value is -2.95. The number of amides is 1. The van der Waals surface area contributed by atoms with Gasteiger partial charge in [0.15, 0.2) is 11.5 Å². The Morgan fingerprint density at radius 1 is 1.04 bits per heavy atom. The number of carbonyl (C=O) groups excluding carboxylic acids is 1. The molecular formula is C20H22N2O3. The highest BCUT2D eigenvalue weighted by molar-refractivity contribution is 5.80. The highest BCUT2D eigenvalue weighted by Crippen LogP contribution is 2.30. The fourth-order valence-corrected chi connectivity index (χ4v) is 2.93. The maximum atomic E-state index is 12.2. The molecule has 0 radical (unpaired) electrons. The lowest BCUT2D eigenvalue weighted by molar-refractivity contribution is -0.121. The fourth-order valence-electron chi connectivity index (χ4n) is 2.93. The second-order valence-corrected chi connectivity index (χ2v) is 5.75. The van der Waals surface area contributed by atoms with Crippen LogP contribution in [-0.2, 0) is 17.9 Å². The molecule has 130 valence electrons. The summed E-state index contributed by atoms with van der Waals surface area (Å²) in [5.41, 5.74) is 2.03. The summed E-state index contributed by atoms with van der Waals surface area (Å²) < 4.78 is 12.8. The van der Waals surface area contributed by atoms with Crippen LogP contribution in [-0.4, -0.2) is 24.7 Å². The number of nitrogens with one attached hydrogen (secondary N) is 1. The highest BCUT2D eigenvalue weighted by Gasteiger charge is 2.11. The molecule has 0 bridgehead atoms. The number of benzene rings is 2. The summed E-state index contributed by atoms with van der Waals surface area (Å²) in [5.74, 6) is 1.32. The predicted molar refractivity (Wildman–Crippen MR) is 97.9 cm³/mol. The Balaban J connectivity index is 1.58. The number of carbonyl (C=O) groups is 1. The molecule has 25 heavy (non-hydrogen) atoms. The van der Waals surface area contributed by atoms with Gasteiger partial charge in [0.05, 0.1) is 14.2 Å². The standard InChI is InChI=1S/C20H22N2O3/c1-24-18-9-5-7-16(20(18)25-2)14-21-19(23)11-13-22-12-10-15-6-3-4-8-17(15)22/h3-10,12H,11,13-14H2,1-2H3,(H,21,23). The average molecular weight is 338 g/mol. The quantitative estimate of drug-likeness (QED) is 0.719. The van der Waals surface area contributed by atoms with Crippen LogP contribution in [0.3, 0.4) is 0 Å². The van der Waals surface area contributed by atoms with Gasteiger partial charge in [-0.2, -0.15) is 0 Å². The van der Waals surface area contributed by atoms with Crippen molar-refractivity contribution in [2.24, 2.45) is 0 Å². The summed E-state index contributed by atoms with van der Waals surface area (Å²) in [7, 11) is 3.20. The monoisotopic (exact) mass is 338 g/mol. The van der Waals surface area contributed by atoms with Crippen LogP contribution in [0.15, 0.2) is 54.7 Å². The zero-order valence-corrected chi connectivity index (χ0v) is 14.5. The Morgan fingerprint density at radius 3 is 2.68 bits per heavy atom. The van der Waals surface area contributed by atoms with E-state index in [1.165, 1.54) is 5.39 Å². The van der Waals surface area contributed by atoms with Crippen LogP contribution in [0.4, 0.5) is 0 Å². The van der Waals surface area contributed by atoms with Gasteiger partial charge in [0.2, 0.25) is 5.91 Å². The number of aromatic nitrogens is 1. The largest absolute Gasteiger partial charge is 0.493 e. The molecule has 1 heterocycles. The normalized spacial score (nSPS) is 10.6. The number of para-hydroxylation sites is 2. The van der Waals surface area contributed by atoms with Gasteiger partial charge in [-0.1, -0.05) is 30.3 Å². The van der Waals surface area contributed by atoms with Crippen molar-refractivity contribution < 1.29 is 14.3 Å². The van der Waals surface area contributed by atoms with Gasteiger partial charge >= 0.3 is 0 Å². The van der Waals surface area contributed by atoms with Crippen molar-refractivity contribution in [3.05, 3.63) is 60.3 Å². The first-order valence-electron chi connectivity index (χ1n) is 8.23. The molecule has 0 aliphatic carbocycles. The van der Waals surface area contributed by atoms with Crippen LogP contribution in [0, 0.1) is 0 Å². The average Bonchev–Trinajstić information content (AvgIpc) is 3.07. The second-order valence-electron chi connectivity index (χ2n) is 5.75. The van der Waals surface area contributed by atoms with Crippen molar-refractivity contribution in [2.75, 3.05) is 14.2 Å². The first kappa shape index (κ1) is 16.9. The van der Waals surface area contributed by atoms with Gasteiger partial charge in [0.25, 0.3) is 0 Å². The molecule has 1 N–H and O–H groups in total. The molecule has 0 aliphatic rings. The molecule has 2 aromatic carbocycles. The maximum Gasteiger partial charge on any atom is 0.222 e. The van der Waals surface area contributed by atoms with Crippen LogP contribution in [0.2, 0.25) is 0 Å². The van der Waals surface area contributed by atoms with E-state index in [4.69, 9.17) is 9.47 Å². The van der Waals surface area contributed by atoms with Gasteiger partial charge < -0.3 is 19.4 Å². The van der Waals surface area contributed by atoms with Gasteiger partial charge in [-0.3, -0.25) is 4.79 Å². The smallest absolute Gasteiger partial charge is 0.222 e. The minimum absolute atomic E-state index is 0.00246. The van der Waals surface area contributed by atoms with Crippen molar-refractivity contribution in [3.8, 4) is 11.5 Å². The third-order valence-corrected chi connectivity index (χ3v) is 4.22. The molecular weight excluding hydrogens is 316 g/mol. The van der Waals surface area contributed by atoms with Gasteiger partial charge in [0.1, 0.15) is 0 Å². The lowest BCUT2D eigenvalue weighted by Gasteiger charge is -2.13. The molecule has 1 aromatic heterocycles. The molecule has 3 rings (SSSR count). The van der Waals surface area contributed by atoms with Crippen molar-refractivity contribution in [3.63, 3.8) is 0 Å². The van der Waals surface area contributed by atoms with E-state index in [2.05, 4.69) is 28.1 Å². The summed E-state index contributed by atoms with van der Waals surface area (Å²) >= 11 is 0. The van der Waals surface area contributed by atoms with Gasteiger partial charge in [-0.05, 0) is 23.6 Å².